The van der Waals surface area contributed by atoms with Crippen molar-refractivity contribution in [1.82, 2.24) is 9.78 Å². The van der Waals surface area contributed by atoms with E-state index < -0.39 is 11.4 Å². The normalized spacial score (nSPS) is 31.5. The van der Waals surface area contributed by atoms with Crippen LogP contribution in [0.2, 0.25) is 0 Å². The first-order chi connectivity index (χ1) is 14.9. The molecule has 1 spiro atoms. The molecule has 6 rings (SSSR count). The zero-order chi connectivity index (χ0) is 21.3. The molecule has 2 fully saturated rings. The predicted molar refractivity (Wildman–Crippen MR) is 116 cm³/mol. The Balaban J connectivity index is 1.37. The van der Waals surface area contributed by atoms with Gasteiger partial charge in [-0.25, -0.2) is 9.07 Å². The third-order valence-electron chi connectivity index (χ3n) is 7.44. The molecule has 3 aromatic rings. The van der Waals surface area contributed by atoms with Crippen molar-refractivity contribution in [1.29, 1.82) is 0 Å². The van der Waals surface area contributed by atoms with Gasteiger partial charge in [-0.1, -0.05) is 42.8 Å². The minimum Gasteiger partial charge on any atom is -0.346 e. The molecule has 4 nitrogen and oxygen atoms in total. The average molecular weight is 416 g/mol. The Morgan fingerprint density at radius 2 is 1.81 bits per heavy atom. The van der Waals surface area contributed by atoms with Gasteiger partial charge in [0, 0.05) is 11.8 Å². The van der Waals surface area contributed by atoms with E-state index in [9.17, 15) is 4.39 Å². The van der Waals surface area contributed by atoms with Gasteiger partial charge >= 0.3 is 0 Å². The third-order valence-corrected chi connectivity index (χ3v) is 7.44. The lowest BCUT2D eigenvalue weighted by Gasteiger charge is -2.42. The number of aromatic nitrogens is 2. The van der Waals surface area contributed by atoms with E-state index in [4.69, 9.17) is 9.47 Å². The SMILES string of the molecule is C[C@]12Cc3cnn(-c4ccc(F)cc4)c3C=C1CC[C@@]21OC[C@@](C)(c2ccccc2)O1. The highest BCUT2D eigenvalue weighted by atomic mass is 19.1. The molecule has 0 unspecified atom stereocenters. The Kier molecular flexibility index (Phi) is 3.90. The number of benzene rings is 2. The Hall–Kier alpha value is -2.76. The zero-order valence-corrected chi connectivity index (χ0v) is 17.8. The first-order valence-corrected chi connectivity index (χ1v) is 10.9. The zero-order valence-electron chi connectivity index (χ0n) is 17.8. The van der Waals surface area contributed by atoms with Crippen LogP contribution < -0.4 is 0 Å². The van der Waals surface area contributed by atoms with Gasteiger partial charge in [-0.05, 0) is 61.2 Å². The van der Waals surface area contributed by atoms with Crippen molar-refractivity contribution in [3.63, 3.8) is 0 Å². The Labute approximate surface area is 181 Å². The molecular formula is C26H25FN2O2. The van der Waals surface area contributed by atoms with Gasteiger partial charge in [0.2, 0.25) is 0 Å². The molecule has 0 amide bonds. The van der Waals surface area contributed by atoms with Crippen LogP contribution >= 0.6 is 0 Å². The first-order valence-electron chi connectivity index (χ1n) is 10.9. The summed E-state index contributed by atoms with van der Waals surface area (Å²) in [5.74, 6) is -0.885. The van der Waals surface area contributed by atoms with Crippen LogP contribution in [0.3, 0.4) is 0 Å². The van der Waals surface area contributed by atoms with Gasteiger partial charge in [0.25, 0.3) is 0 Å². The number of hydrogen-bond acceptors (Lipinski definition) is 3. The van der Waals surface area contributed by atoms with Crippen molar-refractivity contribution < 1.29 is 13.9 Å². The highest BCUT2D eigenvalue weighted by molar-refractivity contribution is 5.62. The van der Waals surface area contributed by atoms with Crippen LogP contribution in [-0.2, 0) is 21.5 Å². The Bertz CT molecular complexity index is 1190. The second kappa shape index (κ2) is 6.38. The van der Waals surface area contributed by atoms with Gasteiger partial charge in [-0.2, -0.15) is 5.10 Å². The molecule has 2 aromatic carbocycles. The lowest BCUT2D eigenvalue weighted by molar-refractivity contribution is -0.233. The Morgan fingerprint density at radius 1 is 1.03 bits per heavy atom. The fourth-order valence-electron chi connectivity index (χ4n) is 5.60. The molecule has 0 radical (unpaired) electrons. The fraction of sp³-hybridized carbons (Fsp3) is 0.346. The number of nitrogens with zero attached hydrogens (tertiary/aromatic N) is 2. The molecule has 0 N–H and O–H groups in total. The van der Waals surface area contributed by atoms with Crippen molar-refractivity contribution in [2.24, 2.45) is 5.41 Å². The third kappa shape index (κ3) is 2.63. The van der Waals surface area contributed by atoms with Crippen LogP contribution in [0.5, 0.6) is 0 Å². The fourth-order valence-corrected chi connectivity index (χ4v) is 5.60. The smallest absolute Gasteiger partial charge is 0.179 e. The summed E-state index contributed by atoms with van der Waals surface area (Å²) in [6.45, 7) is 4.94. The minimum absolute atomic E-state index is 0.245. The van der Waals surface area contributed by atoms with E-state index in [1.54, 1.807) is 12.1 Å². The highest BCUT2D eigenvalue weighted by Gasteiger charge is 2.64. The van der Waals surface area contributed by atoms with E-state index in [1.807, 2.05) is 29.1 Å². The van der Waals surface area contributed by atoms with Gasteiger partial charge in [-0.15, -0.1) is 0 Å². The number of ether oxygens (including phenoxy) is 2. The highest BCUT2D eigenvalue weighted by Crippen LogP contribution is 2.61. The molecule has 1 aromatic heterocycles. The number of halogens is 1. The van der Waals surface area contributed by atoms with Crippen molar-refractivity contribution in [3.8, 4) is 5.69 Å². The lowest BCUT2D eigenvalue weighted by atomic mass is 9.72. The molecule has 2 heterocycles. The second-order valence-corrected chi connectivity index (χ2v) is 9.36. The average Bonchev–Trinajstić information content (AvgIpc) is 3.43. The maximum absolute atomic E-state index is 13.4. The quantitative estimate of drug-likeness (QED) is 0.560. The van der Waals surface area contributed by atoms with E-state index in [1.165, 1.54) is 17.7 Å². The maximum Gasteiger partial charge on any atom is 0.179 e. The summed E-state index contributed by atoms with van der Waals surface area (Å²) in [5.41, 5.74) is 4.87. The predicted octanol–water partition coefficient (Wildman–Crippen LogP) is 5.41. The largest absolute Gasteiger partial charge is 0.346 e. The standard InChI is InChI=1S/C26H25FN2O2/c1-24-15-18-16-28-29(22-10-8-21(27)9-11-22)23(18)14-20(24)12-13-26(24)30-17-25(2,31-26)19-6-4-3-5-7-19/h3-11,14,16H,12-13,15,17H2,1-2H3/t24-,25-,26-/m0/s1. The summed E-state index contributed by atoms with van der Waals surface area (Å²) in [4.78, 5) is 0. The molecule has 5 heteroatoms. The van der Waals surface area contributed by atoms with Gasteiger partial charge in [0.15, 0.2) is 5.79 Å². The molecule has 0 bridgehead atoms. The number of rotatable bonds is 2. The van der Waals surface area contributed by atoms with E-state index >= 15 is 0 Å². The molecule has 3 aliphatic rings. The molecule has 1 saturated heterocycles. The maximum atomic E-state index is 13.4. The number of hydrogen-bond donors (Lipinski definition) is 0. The van der Waals surface area contributed by atoms with Crippen LogP contribution in [0.25, 0.3) is 11.8 Å². The summed E-state index contributed by atoms with van der Waals surface area (Å²) < 4.78 is 28.7. The van der Waals surface area contributed by atoms with Crippen molar-refractivity contribution in [2.75, 3.05) is 6.61 Å². The van der Waals surface area contributed by atoms with Crippen LogP contribution in [0, 0.1) is 11.2 Å². The van der Waals surface area contributed by atoms with Gasteiger partial charge in [0.05, 0.1) is 24.2 Å². The molecular weight excluding hydrogens is 391 g/mol. The summed E-state index contributed by atoms with van der Waals surface area (Å²) in [6, 6.07) is 16.8. The summed E-state index contributed by atoms with van der Waals surface area (Å²) >= 11 is 0. The van der Waals surface area contributed by atoms with E-state index in [2.05, 4.69) is 37.2 Å². The van der Waals surface area contributed by atoms with Crippen LogP contribution in [-0.4, -0.2) is 22.2 Å². The molecule has 2 aliphatic carbocycles. The van der Waals surface area contributed by atoms with Crippen molar-refractivity contribution in [3.05, 3.63) is 89.0 Å². The van der Waals surface area contributed by atoms with Crippen LogP contribution in [0.4, 0.5) is 4.39 Å². The first kappa shape index (κ1) is 19.0. The molecule has 1 aliphatic heterocycles. The van der Waals surface area contributed by atoms with Crippen LogP contribution in [0.15, 0.2) is 66.4 Å². The van der Waals surface area contributed by atoms with E-state index in [-0.39, 0.29) is 11.2 Å². The van der Waals surface area contributed by atoms with Crippen molar-refractivity contribution in [2.45, 2.75) is 44.5 Å². The summed E-state index contributed by atoms with van der Waals surface area (Å²) in [6.07, 6.45) is 6.74. The second-order valence-electron chi connectivity index (χ2n) is 9.36. The monoisotopic (exact) mass is 416 g/mol. The van der Waals surface area contributed by atoms with E-state index in [0.29, 0.717) is 6.61 Å². The molecule has 158 valence electrons. The number of fused-ring (bicyclic) bond motifs is 3. The minimum atomic E-state index is -0.640. The van der Waals surface area contributed by atoms with E-state index in [0.717, 1.165) is 41.8 Å². The van der Waals surface area contributed by atoms with Gasteiger partial charge < -0.3 is 9.47 Å². The molecule has 1 saturated carbocycles. The summed E-state index contributed by atoms with van der Waals surface area (Å²) in [7, 11) is 0. The van der Waals surface area contributed by atoms with Crippen molar-refractivity contribution >= 4 is 6.08 Å². The Morgan fingerprint density at radius 3 is 2.58 bits per heavy atom. The van der Waals surface area contributed by atoms with Gasteiger partial charge in [-0.3, -0.25) is 0 Å². The summed E-state index contributed by atoms with van der Waals surface area (Å²) in [5, 5.41) is 4.62. The lowest BCUT2D eigenvalue weighted by Crippen LogP contribution is -2.47. The van der Waals surface area contributed by atoms with Crippen LogP contribution in [0.1, 0.15) is 43.5 Å². The van der Waals surface area contributed by atoms with Gasteiger partial charge in [0.1, 0.15) is 11.4 Å². The molecule has 3 atom stereocenters. The molecule has 31 heavy (non-hydrogen) atoms. The topological polar surface area (TPSA) is 36.3 Å².